The molecular weight excluding hydrogens is 138 g/mol. The van der Waals surface area contributed by atoms with Crippen LogP contribution < -0.4 is 0 Å². The Morgan fingerprint density at radius 3 is 1.30 bits per heavy atom. The highest BCUT2D eigenvalue weighted by Crippen LogP contribution is 1.98. The van der Waals surface area contributed by atoms with E-state index in [1.165, 1.54) is 0 Å². The highest BCUT2D eigenvalue weighted by Gasteiger charge is 1.86. The van der Waals surface area contributed by atoms with Gasteiger partial charge < -0.3 is 4.79 Å². The van der Waals surface area contributed by atoms with Crippen molar-refractivity contribution in [2.75, 3.05) is 0 Å². The summed E-state index contributed by atoms with van der Waals surface area (Å²) in [4.78, 5) is 8.00. The predicted molar refractivity (Wildman–Crippen MR) is 33.5 cm³/mol. The number of carbonyl (C=O) groups is 1. The Bertz CT molecular complexity index is 162. The van der Waals surface area contributed by atoms with Crippen molar-refractivity contribution in [1.29, 1.82) is 0 Å². The van der Waals surface area contributed by atoms with Gasteiger partial charge in [0.15, 0.2) is 0 Å². The van der Waals surface area contributed by atoms with Gasteiger partial charge in [0.05, 0.1) is 0 Å². The summed E-state index contributed by atoms with van der Waals surface area (Å²) in [6.07, 6.45) is 0. The van der Waals surface area contributed by atoms with Gasteiger partial charge in [0.25, 0.3) is 0 Å². The van der Waals surface area contributed by atoms with Gasteiger partial charge in [0.1, 0.15) is 18.4 Å². The van der Waals surface area contributed by atoms with Crippen molar-refractivity contribution in [3.05, 3.63) is 35.9 Å². The third-order valence-electron chi connectivity index (χ3n) is 0.804. The van der Waals surface area contributed by atoms with E-state index in [4.69, 9.17) is 4.79 Å². The van der Waals surface area contributed by atoms with Gasteiger partial charge in [-0.1, -0.05) is 0 Å². The van der Waals surface area contributed by atoms with E-state index in [1.54, 1.807) is 0 Å². The zero-order valence-corrected chi connectivity index (χ0v) is 5.18. The average Bonchev–Trinajstić information content (AvgIpc) is 2.00. The summed E-state index contributed by atoms with van der Waals surface area (Å²) in [5, 5.41) is 0. The quantitative estimate of drug-likeness (QED) is 0.542. The molecule has 0 saturated heterocycles. The number of rotatable bonds is 0. The number of benzene rings is 1. The van der Waals surface area contributed by atoms with Crippen LogP contribution in [0.15, 0.2) is 24.3 Å². The van der Waals surface area contributed by atoms with Crippen molar-refractivity contribution in [2.24, 2.45) is 0 Å². The molecule has 0 radical (unpaired) electrons. The maximum atomic E-state index is 11.9. The Morgan fingerprint density at radius 2 is 1.10 bits per heavy atom. The van der Waals surface area contributed by atoms with E-state index in [0.29, 0.717) is 0 Å². The molecule has 3 heteroatoms. The standard InChI is InChI=1S/C6H4F2.CH2O/c7-5-1-2-6(8)4-3-5;1-2/h1-4H;1H2. The molecule has 0 fully saturated rings. The lowest BCUT2D eigenvalue weighted by atomic mass is 10.3. The lowest BCUT2D eigenvalue weighted by molar-refractivity contribution is -0.0979. The highest BCUT2D eigenvalue weighted by atomic mass is 19.1. The van der Waals surface area contributed by atoms with Crippen LogP contribution in [0, 0.1) is 11.6 Å². The van der Waals surface area contributed by atoms with Gasteiger partial charge in [0, 0.05) is 0 Å². The minimum absolute atomic E-state index is 0.411. The zero-order valence-electron chi connectivity index (χ0n) is 5.18. The van der Waals surface area contributed by atoms with Crippen molar-refractivity contribution in [3.63, 3.8) is 0 Å². The van der Waals surface area contributed by atoms with E-state index < -0.39 is 11.6 Å². The molecule has 0 amide bonds. The lowest BCUT2D eigenvalue weighted by Gasteiger charge is -1.83. The molecule has 0 aliphatic heterocycles. The third kappa shape index (κ3) is 2.91. The average molecular weight is 144 g/mol. The molecule has 0 atom stereocenters. The maximum Gasteiger partial charge on any atom is 0.123 e. The van der Waals surface area contributed by atoms with Crippen LogP contribution in [0.4, 0.5) is 8.78 Å². The summed E-state index contributed by atoms with van der Waals surface area (Å²) in [5.74, 6) is -0.821. The Balaban J connectivity index is 0.000000371. The van der Waals surface area contributed by atoms with Gasteiger partial charge in [-0.25, -0.2) is 8.78 Å². The largest absolute Gasteiger partial charge is 0.307 e. The highest BCUT2D eigenvalue weighted by molar-refractivity contribution is 5.11. The van der Waals surface area contributed by atoms with Crippen molar-refractivity contribution in [2.45, 2.75) is 0 Å². The maximum absolute atomic E-state index is 11.9. The second kappa shape index (κ2) is 4.61. The van der Waals surface area contributed by atoms with Crippen LogP contribution in [0.5, 0.6) is 0 Å². The first-order valence-corrected chi connectivity index (χ1v) is 2.49. The first-order valence-electron chi connectivity index (χ1n) is 2.49. The topological polar surface area (TPSA) is 17.1 Å². The molecule has 0 saturated carbocycles. The number of hydrogen-bond donors (Lipinski definition) is 0. The third-order valence-corrected chi connectivity index (χ3v) is 0.804. The molecule has 0 aliphatic carbocycles. The first-order chi connectivity index (χ1) is 4.79. The van der Waals surface area contributed by atoms with Crippen molar-refractivity contribution < 1.29 is 13.6 Å². The molecule has 0 heterocycles. The van der Waals surface area contributed by atoms with Gasteiger partial charge in [0.2, 0.25) is 0 Å². The summed E-state index contributed by atoms with van der Waals surface area (Å²) >= 11 is 0. The number of hydrogen-bond acceptors (Lipinski definition) is 1. The molecule has 0 aliphatic rings. The van der Waals surface area contributed by atoms with Gasteiger partial charge in [-0.3, -0.25) is 0 Å². The lowest BCUT2D eigenvalue weighted by Crippen LogP contribution is -1.72. The van der Waals surface area contributed by atoms with E-state index in [-0.39, 0.29) is 0 Å². The Morgan fingerprint density at radius 1 is 0.900 bits per heavy atom. The monoisotopic (exact) mass is 144 g/mol. The van der Waals surface area contributed by atoms with E-state index in [9.17, 15) is 8.78 Å². The summed E-state index contributed by atoms with van der Waals surface area (Å²) in [7, 11) is 0. The molecule has 0 aromatic heterocycles. The Kier molecular flexibility index (Phi) is 4.04. The van der Waals surface area contributed by atoms with Crippen LogP contribution in [0.1, 0.15) is 0 Å². The smallest absolute Gasteiger partial charge is 0.123 e. The van der Waals surface area contributed by atoms with Crippen LogP contribution in [0.25, 0.3) is 0 Å². The summed E-state index contributed by atoms with van der Waals surface area (Å²) in [6, 6.07) is 4.31. The van der Waals surface area contributed by atoms with Crippen LogP contribution in [-0.2, 0) is 4.79 Å². The predicted octanol–water partition coefficient (Wildman–Crippen LogP) is 1.78. The van der Waals surface area contributed by atoms with Crippen LogP contribution in [-0.4, -0.2) is 6.79 Å². The molecule has 0 bridgehead atoms. The second-order valence-electron chi connectivity index (χ2n) is 1.44. The summed E-state index contributed by atoms with van der Waals surface area (Å²) in [5.41, 5.74) is 0. The second-order valence-corrected chi connectivity index (χ2v) is 1.44. The summed E-state index contributed by atoms with van der Waals surface area (Å²) < 4.78 is 23.8. The molecule has 1 aromatic carbocycles. The Labute approximate surface area is 57.3 Å². The van der Waals surface area contributed by atoms with Crippen molar-refractivity contribution >= 4 is 6.79 Å². The molecule has 1 nitrogen and oxygen atoms in total. The van der Waals surface area contributed by atoms with Gasteiger partial charge in [-0.15, -0.1) is 0 Å². The van der Waals surface area contributed by atoms with E-state index in [2.05, 4.69) is 0 Å². The Hall–Kier alpha value is -1.25. The molecule has 1 aromatic rings. The first kappa shape index (κ1) is 8.75. The van der Waals surface area contributed by atoms with Gasteiger partial charge >= 0.3 is 0 Å². The number of halogens is 2. The van der Waals surface area contributed by atoms with Crippen molar-refractivity contribution in [3.8, 4) is 0 Å². The number of carbonyl (C=O) groups excluding carboxylic acids is 1. The fraction of sp³-hybridized carbons (Fsp3) is 0. The van der Waals surface area contributed by atoms with E-state index in [0.717, 1.165) is 24.3 Å². The van der Waals surface area contributed by atoms with E-state index >= 15 is 0 Å². The molecule has 1 rings (SSSR count). The molecule has 0 N–H and O–H groups in total. The molecule has 0 spiro atoms. The normalized spacial score (nSPS) is 7.80. The molecular formula is C7H6F2O. The van der Waals surface area contributed by atoms with Crippen molar-refractivity contribution in [1.82, 2.24) is 0 Å². The summed E-state index contributed by atoms with van der Waals surface area (Å²) in [6.45, 7) is 2.00. The fourth-order valence-corrected chi connectivity index (χ4v) is 0.430. The fourth-order valence-electron chi connectivity index (χ4n) is 0.430. The molecule has 10 heavy (non-hydrogen) atoms. The van der Waals surface area contributed by atoms with Crippen LogP contribution >= 0.6 is 0 Å². The SMILES string of the molecule is C=O.Fc1ccc(F)cc1. The van der Waals surface area contributed by atoms with Crippen LogP contribution in [0.2, 0.25) is 0 Å². The minimum atomic E-state index is -0.411. The van der Waals surface area contributed by atoms with E-state index in [1.807, 2.05) is 6.79 Å². The molecule has 54 valence electrons. The molecule has 0 unspecified atom stereocenters. The zero-order chi connectivity index (χ0) is 7.98. The van der Waals surface area contributed by atoms with Gasteiger partial charge in [-0.2, -0.15) is 0 Å². The van der Waals surface area contributed by atoms with Crippen LogP contribution in [0.3, 0.4) is 0 Å². The minimum Gasteiger partial charge on any atom is -0.307 e. The van der Waals surface area contributed by atoms with Gasteiger partial charge in [-0.05, 0) is 24.3 Å².